The van der Waals surface area contributed by atoms with E-state index in [9.17, 15) is 19.5 Å². The molecule has 1 heterocycles. The Balaban J connectivity index is 1.49. The summed E-state index contributed by atoms with van der Waals surface area (Å²) in [5.41, 5.74) is 7.17. The predicted octanol–water partition coefficient (Wildman–Crippen LogP) is 2.61. The number of fused-ring (bicyclic) bond motifs is 2. The van der Waals surface area contributed by atoms with Crippen molar-refractivity contribution in [1.29, 1.82) is 0 Å². The van der Waals surface area contributed by atoms with Gasteiger partial charge in [0.25, 0.3) is 0 Å². The molecular formula is C29H34N4O4S. The molecule has 0 radical (unpaired) electrons. The van der Waals surface area contributed by atoms with Gasteiger partial charge in [-0.2, -0.15) is 0 Å². The van der Waals surface area contributed by atoms with Crippen molar-refractivity contribution in [3.8, 4) is 0 Å². The molecule has 3 amide bonds. The van der Waals surface area contributed by atoms with Crippen LogP contribution in [-0.2, 0) is 20.8 Å². The summed E-state index contributed by atoms with van der Waals surface area (Å²) < 4.78 is 0. The van der Waals surface area contributed by atoms with Gasteiger partial charge < -0.3 is 26.4 Å². The first-order valence-corrected chi connectivity index (χ1v) is 13.8. The van der Waals surface area contributed by atoms with E-state index in [0.29, 0.717) is 12.2 Å². The molecule has 3 aromatic rings. The van der Waals surface area contributed by atoms with Crippen LogP contribution in [0.5, 0.6) is 0 Å². The van der Waals surface area contributed by atoms with Crippen molar-refractivity contribution in [3.63, 3.8) is 0 Å². The Morgan fingerprint density at radius 3 is 2.61 bits per heavy atom. The third-order valence-corrected chi connectivity index (χ3v) is 7.64. The molecule has 0 fully saturated rings. The van der Waals surface area contributed by atoms with Crippen molar-refractivity contribution in [2.45, 2.75) is 49.3 Å². The lowest BCUT2D eigenvalue weighted by Crippen LogP contribution is -2.51. The Bertz CT molecular complexity index is 1300. The van der Waals surface area contributed by atoms with Gasteiger partial charge in [0.05, 0.1) is 11.8 Å². The SMILES string of the molecule is CC(CC(=O)N[C@H](Cc1ccc2ccccc2c1)C(=O)NCC(O)CN)N1C(=O)CCSc2ccccc21. The highest BCUT2D eigenvalue weighted by Gasteiger charge is 2.29. The van der Waals surface area contributed by atoms with Gasteiger partial charge in [-0.05, 0) is 35.4 Å². The van der Waals surface area contributed by atoms with E-state index >= 15 is 0 Å². The number of benzene rings is 3. The van der Waals surface area contributed by atoms with Crippen LogP contribution in [0.25, 0.3) is 10.8 Å². The van der Waals surface area contributed by atoms with Crippen LogP contribution in [0.2, 0.25) is 0 Å². The van der Waals surface area contributed by atoms with Crippen molar-refractivity contribution in [3.05, 3.63) is 72.3 Å². The average molecular weight is 535 g/mol. The molecule has 0 saturated heterocycles. The maximum Gasteiger partial charge on any atom is 0.243 e. The van der Waals surface area contributed by atoms with Crippen LogP contribution in [0.15, 0.2) is 71.6 Å². The number of nitrogens with two attached hydrogens (primary N) is 1. The predicted molar refractivity (Wildman–Crippen MR) is 151 cm³/mol. The number of anilines is 1. The molecular weight excluding hydrogens is 500 g/mol. The van der Waals surface area contributed by atoms with E-state index in [1.807, 2.05) is 73.7 Å². The van der Waals surface area contributed by atoms with Crippen LogP contribution >= 0.6 is 11.8 Å². The second kappa shape index (κ2) is 12.9. The Morgan fingerprint density at radius 2 is 1.82 bits per heavy atom. The van der Waals surface area contributed by atoms with Crippen LogP contribution in [0.3, 0.4) is 0 Å². The molecule has 0 aromatic heterocycles. The quantitative estimate of drug-likeness (QED) is 0.317. The van der Waals surface area contributed by atoms with E-state index in [2.05, 4.69) is 10.6 Å². The summed E-state index contributed by atoms with van der Waals surface area (Å²) in [6.45, 7) is 1.86. The zero-order valence-electron chi connectivity index (χ0n) is 21.4. The maximum absolute atomic E-state index is 13.2. The van der Waals surface area contributed by atoms with Gasteiger partial charge in [-0.15, -0.1) is 11.8 Å². The Labute approximate surface area is 227 Å². The Morgan fingerprint density at radius 1 is 1.08 bits per heavy atom. The second-order valence-corrected chi connectivity index (χ2v) is 10.7. The lowest BCUT2D eigenvalue weighted by Gasteiger charge is -2.29. The highest BCUT2D eigenvalue weighted by Crippen LogP contribution is 2.35. The van der Waals surface area contributed by atoms with E-state index in [-0.39, 0.29) is 37.7 Å². The number of nitrogens with one attached hydrogen (secondary N) is 2. The van der Waals surface area contributed by atoms with Gasteiger partial charge in [-0.3, -0.25) is 14.4 Å². The van der Waals surface area contributed by atoms with Crippen LogP contribution < -0.4 is 21.3 Å². The maximum atomic E-state index is 13.2. The smallest absolute Gasteiger partial charge is 0.243 e. The summed E-state index contributed by atoms with van der Waals surface area (Å²) in [4.78, 5) is 41.9. The molecule has 1 aliphatic heterocycles. The highest BCUT2D eigenvalue weighted by molar-refractivity contribution is 7.99. The lowest BCUT2D eigenvalue weighted by molar-refractivity contribution is -0.129. The third-order valence-electron chi connectivity index (χ3n) is 6.58. The molecule has 2 unspecified atom stereocenters. The average Bonchev–Trinajstić information content (AvgIpc) is 3.08. The molecule has 1 aliphatic rings. The molecule has 4 rings (SSSR count). The summed E-state index contributed by atoms with van der Waals surface area (Å²) in [6, 6.07) is 20.3. The molecule has 8 nitrogen and oxygen atoms in total. The molecule has 38 heavy (non-hydrogen) atoms. The number of aliphatic hydroxyl groups is 1. The number of para-hydroxylation sites is 1. The number of carbonyl (C=O) groups excluding carboxylic acids is 3. The molecule has 0 aliphatic carbocycles. The van der Waals surface area contributed by atoms with Gasteiger partial charge in [-0.25, -0.2) is 0 Å². The van der Waals surface area contributed by atoms with Crippen molar-refractivity contribution in [1.82, 2.24) is 10.6 Å². The van der Waals surface area contributed by atoms with Crippen molar-refractivity contribution in [2.75, 3.05) is 23.7 Å². The van der Waals surface area contributed by atoms with Gasteiger partial charge in [0.15, 0.2) is 0 Å². The summed E-state index contributed by atoms with van der Waals surface area (Å²) in [5, 5.41) is 17.5. The topological polar surface area (TPSA) is 125 Å². The van der Waals surface area contributed by atoms with Gasteiger partial charge >= 0.3 is 0 Å². The number of rotatable bonds is 10. The number of nitrogens with zero attached hydrogens (tertiary/aromatic N) is 1. The van der Waals surface area contributed by atoms with E-state index in [4.69, 9.17) is 5.73 Å². The van der Waals surface area contributed by atoms with Crippen LogP contribution in [0, 0.1) is 0 Å². The molecule has 3 atom stereocenters. The first-order valence-electron chi connectivity index (χ1n) is 12.8. The largest absolute Gasteiger partial charge is 0.390 e. The van der Waals surface area contributed by atoms with Crippen molar-refractivity contribution < 1.29 is 19.5 Å². The first kappa shape index (κ1) is 27.6. The number of hydrogen-bond donors (Lipinski definition) is 4. The van der Waals surface area contributed by atoms with E-state index in [0.717, 1.165) is 26.9 Å². The van der Waals surface area contributed by atoms with Crippen LogP contribution in [0.4, 0.5) is 5.69 Å². The minimum Gasteiger partial charge on any atom is -0.390 e. The molecule has 200 valence electrons. The fourth-order valence-corrected chi connectivity index (χ4v) is 5.60. The molecule has 0 saturated carbocycles. The number of thioether (sulfide) groups is 1. The number of carbonyl (C=O) groups is 3. The van der Waals surface area contributed by atoms with Crippen molar-refractivity contribution >= 4 is 45.9 Å². The number of hydrogen-bond acceptors (Lipinski definition) is 6. The molecule has 0 spiro atoms. The molecule has 0 bridgehead atoms. The van der Waals surface area contributed by atoms with Crippen LogP contribution in [-0.4, -0.2) is 59.9 Å². The minimum absolute atomic E-state index is 0.00738. The number of amides is 3. The first-order chi connectivity index (χ1) is 18.4. The fraction of sp³-hybridized carbons (Fsp3) is 0.345. The zero-order chi connectivity index (χ0) is 27.1. The van der Waals surface area contributed by atoms with Gasteiger partial charge in [0.2, 0.25) is 17.7 Å². The summed E-state index contributed by atoms with van der Waals surface area (Å²) in [5.74, 6) is -0.0725. The highest BCUT2D eigenvalue weighted by atomic mass is 32.2. The Hall–Kier alpha value is -3.40. The normalized spacial score (nSPS) is 15.8. The number of aliphatic hydroxyl groups excluding tert-OH is 1. The van der Waals surface area contributed by atoms with Crippen molar-refractivity contribution in [2.24, 2.45) is 5.73 Å². The van der Waals surface area contributed by atoms with Gasteiger partial charge in [-0.1, -0.05) is 54.6 Å². The zero-order valence-corrected chi connectivity index (χ0v) is 22.2. The van der Waals surface area contributed by atoms with E-state index in [1.165, 1.54) is 0 Å². The summed E-state index contributed by atoms with van der Waals surface area (Å²) >= 11 is 1.63. The summed E-state index contributed by atoms with van der Waals surface area (Å²) in [7, 11) is 0. The van der Waals surface area contributed by atoms with Gasteiger partial charge in [0.1, 0.15) is 6.04 Å². The van der Waals surface area contributed by atoms with E-state index < -0.39 is 24.1 Å². The molecule has 9 heteroatoms. The van der Waals surface area contributed by atoms with E-state index in [1.54, 1.807) is 16.7 Å². The monoisotopic (exact) mass is 534 g/mol. The third kappa shape index (κ3) is 6.92. The minimum atomic E-state index is -0.872. The fourth-order valence-electron chi connectivity index (χ4n) is 4.61. The lowest BCUT2D eigenvalue weighted by atomic mass is 10.0. The molecule has 5 N–H and O–H groups in total. The molecule has 3 aromatic carbocycles. The van der Waals surface area contributed by atoms with Crippen LogP contribution in [0.1, 0.15) is 25.3 Å². The summed E-state index contributed by atoms with van der Waals surface area (Å²) in [6.07, 6.45) is -0.167. The second-order valence-electron chi connectivity index (χ2n) is 9.52. The Kier molecular flexibility index (Phi) is 9.38. The standard InChI is InChI=1S/C29H34N4O4S/c1-19(33-25-8-4-5-9-26(25)38-13-12-28(33)36)14-27(35)32-24(29(37)31-18-23(34)17-30)16-20-10-11-21-6-2-3-7-22(21)15-20/h2-11,15,19,23-24,34H,12-14,16-18,30H2,1H3,(H,31,37)(H,32,35)/t19?,23?,24-/m1/s1. The van der Waals surface area contributed by atoms with Gasteiger partial charge in [0, 0.05) is 49.0 Å².